The first-order valence-corrected chi connectivity index (χ1v) is 17.1. The number of esters is 1. The molecule has 0 spiro atoms. The Bertz CT molecular complexity index is 2190. The van der Waals surface area contributed by atoms with Crippen LogP contribution in [0.1, 0.15) is 42.1 Å². The second kappa shape index (κ2) is 15.2. The van der Waals surface area contributed by atoms with Crippen molar-refractivity contribution >= 4 is 52.3 Å². The molecule has 5 aromatic rings. The van der Waals surface area contributed by atoms with Crippen LogP contribution in [0.15, 0.2) is 106 Å². The maximum Gasteiger partial charge on any atom is 0.338 e. The summed E-state index contributed by atoms with van der Waals surface area (Å²) in [4.78, 5) is 33.4. The SMILES string of the molecule is CCOC(=O)C1=C(c2ccccc2)N=c2s/c(=C\c3cc(Cl)c(OCc4ccc(Cl)cc4)c(OC)c3)c(=O)n2[C@H]1c1ccc(OCC)cc1. The number of aromatic nitrogens is 1. The zero-order valence-corrected chi connectivity index (χ0v) is 29.3. The van der Waals surface area contributed by atoms with Gasteiger partial charge in [0.25, 0.3) is 5.56 Å². The number of carbonyl (C=O) groups is 1. The molecule has 4 aromatic carbocycles. The molecule has 0 amide bonds. The topological polar surface area (TPSA) is 88.4 Å². The molecule has 6 rings (SSSR count). The lowest BCUT2D eigenvalue weighted by atomic mass is 9.93. The minimum atomic E-state index is -0.815. The summed E-state index contributed by atoms with van der Waals surface area (Å²) in [5, 5.41) is 0.948. The molecule has 1 atom stereocenters. The van der Waals surface area contributed by atoms with Crippen molar-refractivity contribution in [1.29, 1.82) is 0 Å². The van der Waals surface area contributed by atoms with Gasteiger partial charge in [-0.15, -0.1) is 0 Å². The summed E-state index contributed by atoms with van der Waals surface area (Å²) in [5.74, 6) is 0.905. The third-order valence-electron chi connectivity index (χ3n) is 7.73. The first-order chi connectivity index (χ1) is 23.8. The Labute approximate surface area is 297 Å². The van der Waals surface area contributed by atoms with Gasteiger partial charge in [0.2, 0.25) is 0 Å². The van der Waals surface area contributed by atoms with E-state index in [1.165, 1.54) is 18.4 Å². The zero-order chi connectivity index (χ0) is 34.5. The third kappa shape index (κ3) is 7.29. The first-order valence-electron chi connectivity index (χ1n) is 15.6. The molecule has 1 aliphatic rings. The molecule has 250 valence electrons. The van der Waals surface area contributed by atoms with E-state index in [0.717, 1.165) is 11.1 Å². The second-order valence-corrected chi connectivity index (χ2v) is 12.7. The van der Waals surface area contributed by atoms with Gasteiger partial charge in [-0.25, -0.2) is 9.79 Å². The van der Waals surface area contributed by atoms with Crippen LogP contribution in [0.5, 0.6) is 17.2 Å². The summed E-state index contributed by atoms with van der Waals surface area (Å²) in [5.41, 5.74) is 3.35. The lowest BCUT2D eigenvalue weighted by Crippen LogP contribution is -2.40. The van der Waals surface area contributed by atoms with Gasteiger partial charge in [-0.05, 0) is 73.0 Å². The maximum atomic E-state index is 14.3. The van der Waals surface area contributed by atoms with E-state index in [1.807, 2.05) is 73.7 Å². The van der Waals surface area contributed by atoms with Gasteiger partial charge in [-0.3, -0.25) is 9.36 Å². The van der Waals surface area contributed by atoms with Crippen molar-refractivity contribution in [1.82, 2.24) is 4.57 Å². The van der Waals surface area contributed by atoms with E-state index in [9.17, 15) is 9.59 Å². The monoisotopic (exact) mass is 714 g/mol. The summed E-state index contributed by atoms with van der Waals surface area (Å²) >= 11 is 13.9. The van der Waals surface area contributed by atoms with Gasteiger partial charge >= 0.3 is 5.97 Å². The van der Waals surface area contributed by atoms with Gasteiger partial charge in [0.05, 0.1) is 47.2 Å². The number of methoxy groups -OCH3 is 1. The Hall–Kier alpha value is -4.83. The molecular weight excluding hydrogens is 683 g/mol. The van der Waals surface area contributed by atoms with E-state index in [2.05, 4.69) is 0 Å². The number of ether oxygens (including phenoxy) is 4. The molecule has 0 saturated carbocycles. The van der Waals surface area contributed by atoms with E-state index in [0.29, 0.717) is 60.1 Å². The summed E-state index contributed by atoms with van der Waals surface area (Å²) in [6.07, 6.45) is 1.73. The molecule has 0 saturated heterocycles. The summed E-state index contributed by atoms with van der Waals surface area (Å²) in [6.45, 7) is 4.57. The predicted molar refractivity (Wildman–Crippen MR) is 192 cm³/mol. The quantitative estimate of drug-likeness (QED) is 0.134. The van der Waals surface area contributed by atoms with Crippen molar-refractivity contribution in [2.24, 2.45) is 4.99 Å². The fourth-order valence-electron chi connectivity index (χ4n) is 5.52. The fourth-order valence-corrected chi connectivity index (χ4v) is 6.92. The van der Waals surface area contributed by atoms with Crippen LogP contribution >= 0.6 is 34.5 Å². The van der Waals surface area contributed by atoms with E-state index in [-0.39, 0.29) is 24.3 Å². The summed E-state index contributed by atoms with van der Waals surface area (Å²) in [7, 11) is 1.53. The van der Waals surface area contributed by atoms with Crippen molar-refractivity contribution in [2.45, 2.75) is 26.5 Å². The molecule has 0 fully saturated rings. The predicted octanol–water partition coefficient (Wildman–Crippen LogP) is 7.23. The number of benzene rings is 4. The molecule has 2 heterocycles. The molecule has 1 aromatic heterocycles. The third-order valence-corrected chi connectivity index (χ3v) is 9.24. The minimum Gasteiger partial charge on any atom is -0.494 e. The number of hydrogen-bond acceptors (Lipinski definition) is 8. The number of carbonyl (C=O) groups excluding carboxylic acids is 1. The minimum absolute atomic E-state index is 0.160. The number of halogens is 2. The van der Waals surface area contributed by atoms with E-state index in [4.69, 9.17) is 47.1 Å². The maximum absolute atomic E-state index is 14.3. The van der Waals surface area contributed by atoms with Crippen molar-refractivity contribution in [3.8, 4) is 17.2 Å². The smallest absolute Gasteiger partial charge is 0.338 e. The normalized spacial score (nSPS) is 14.2. The largest absolute Gasteiger partial charge is 0.494 e. The molecule has 8 nitrogen and oxygen atoms in total. The second-order valence-electron chi connectivity index (χ2n) is 10.9. The Morgan fingerprint density at radius 1 is 0.939 bits per heavy atom. The van der Waals surface area contributed by atoms with Gasteiger partial charge in [-0.1, -0.05) is 89.1 Å². The van der Waals surface area contributed by atoms with Crippen LogP contribution < -0.4 is 29.1 Å². The lowest BCUT2D eigenvalue weighted by molar-refractivity contribution is -0.138. The Balaban J connectivity index is 1.48. The highest BCUT2D eigenvalue weighted by atomic mass is 35.5. The molecule has 0 aliphatic carbocycles. The van der Waals surface area contributed by atoms with Crippen molar-refractivity contribution in [2.75, 3.05) is 20.3 Å². The van der Waals surface area contributed by atoms with E-state index in [1.54, 1.807) is 41.8 Å². The zero-order valence-electron chi connectivity index (χ0n) is 26.9. The number of hydrogen-bond donors (Lipinski definition) is 0. The van der Waals surface area contributed by atoms with Crippen molar-refractivity contribution in [3.63, 3.8) is 0 Å². The van der Waals surface area contributed by atoms with Crippen LogP contribution in [0.25, 0.3) is 11.8 Å². The van der Waals surface area contributed by atoms with Gasteiger partial charge in [-0.2, -0.15) is 0 Å². The van der Waals surface area contributed by atoms with Gasteiger partial charge < -0.3 is 18.9 Å². The molecular formula is C38H32Cl2N2O6S. The number of rotatable bonds is 11. The molecule has 0 N–H and O–H groups in total. The molecule has 0 unspecified atom stereocenters. The van der Waals surface area contributed by atoms with Crippen molar-refractivity contribution in [3.05, 3.63) is 149 Å². The lowest BCUT2D eigenvalue weighted by Gasteiger charge is -2.26. The fraction of sp³-hybridized carbons (Fsp3) is 0.184. The highest BCUT2D eigenvalue weighted by molar-refractivity contribution is 7.07. The van der Waals surface area contributed by atoms with Gasteiger partial charge in [0, 0.05) is 10.6 Å². The molecule has 1 aliphatic heterocycles. The number of thiazole rings is 1. The Kier molecular flexibility index (Phi) is 10.5. The summed E-state index contributed by atoms with van der Waals surface area (Å²) in [6, 6.07) is 26.7. The van der Waals surface area contributed by atoms with Crippen LogP contribution in [0.4, 0.5) is 0 Å². The average molecular weight is 716 g/mol. The molecule has 0 radical (unpaired) electrons. The first kappa shape index (κ1) is 34.0. The average Bonchev–Trinajstić information content (AvgIpc) is 3.42. The molecule has 49 heavy (non-hydrogen) atoms. The van der Waals surface area contributed by atoms with Crippen LogP contribution in [0.3, 0.4) is 0 Å². The molecule has 11 heteroatoms. The van der Waals surface area contributed by atoms with Crippen molar-refractivity contribution < 1.29 is 23.7 Å². The standard InChI is InChI=1S/C38H32Cl2N2O6S/c1-4-46-28-17-13-26(14-18-28)34-32(37(44)47-5-2)33(25-9-7-6-8-10-25)41-38-42(34)36(43)31(49-38)21-24-19-29(40)35(30(20-24)45-3)48-22-23-11-15-27(39)16-12-23/h6-21,34H,4-5,22H2,1-3H3/b31-21-/t34-/m0/s1. The number of nitrogens with zero attached hydrogens (tertiary/aromatic N) is 2. The van der Waals surface area contributed by atoms with Crippen LogP contribution in [0, 0.1) is 0 Å². The highest BCUT2D eigenvalue weighted by Gasteiger charge is 2.35. The van der Waals surface area contributed by atoms with Gasteiger partial charge in [0.1, 0.15) is 12.4 Å². The Morgan fingerprint density at radius 3 is 2.35 bits per heavy atom. The highest BCUT2D eigenvalue weighted by Crippen LogP contribution is 2.38. The van der Waals surface area contributed by atoms with E-state index < -0.39 is 12.0 Å². The van der Waals surface area contributed by atoms with Gasteiger partial charge in [0.15, 0.2) is 16.3 Å². The Morgan fingerprint density at radius 2 is 1.67 bits per heavy atom. The van der Waals surface area contributed by atoms with Crippen LogP contribution in [0.2, 0.25) is 10.0 Å². The summed E-state index contributed by atoms with van der Waals surface area (Å²) < 4.78 is 24.8. The van der Waals surface area contributed by atoms with Crippen LogP contribution in [-0.2, 0) is 16.1 Å². The van der Waals surface area contributed by atoms with Crippen LogP contribution in [-0.4, -0.2) is 30.9 Å². The number of fused-ring (bicyclic) bond motifs is 1. The van der Waals surface area contributed by atoms with E-state index >= 15 is 0 Å². The molecule has 0 bridgehead atoms.